The zero-order valence-electron chi connectivity index (χ0n) is 26.7. The van der Waals surface area contributed by atoms with Crippen molar-refractivity contribution in [2.24, 2.45) is 0 Å². The van der Waals surface area contributed by atoms with Crippen molar-refractivity contribution in [3.05, 3.63) is 151 Å². The molecule has 10 nitrogen and oxygen atoms in total. The van der Waals surface area contributed by atoms with Crippen molar-refractivity contribution in [3.8, 4) is 35.1 Å². The molecule has 14 heteroatoms. The van der Waals surface area contributed by atoms with Crippen molar-refractivity contribution in [2.45, 2.75) is 25.6 Å². The van der Waals surface area contributed by atoms with Crippen LogP contribution in [0.25, 0.3) is 0 Å². The Hall–Kier alpha value is -4.95. The summed E-state index contributed by atoms with van der Waals surface area (Å²) in [5.41, 5.74) is 0.318. The average molecular weight is 849 g/mol. The summed E-state index contributed by atoms with van der Waals surface area (Å²) in [6.07, 6.45) is 5.80. The van der Waals surface area contributed by atoms with E-state index in [1.807, 2.05) is 60.7 Å². The molecule has 0 bridgehead atoms. The van der Waals surface area contributed by atoms with Gasteiger partial charge >= 0.3 is 0 Å². The first kappa shape index (κ1) is 37.3. The van der Waals surface area contributed by atoms with Crippen molar-refractivity contribution in [1.29, 1.82) is 10.5 Å². The molecule has 6 aromatic rings. The van der Waals surface area contributed by atoms with Crippen LogP contribution in [-0.2, 0) is 18.7 Å². The fraction of sp³-hybridized carbons (Fsp3) is 0.108. The SMILES string of the molecule is CC(O)(Cn1cncc1C#N)c1ccc(Oc2ccc(Br)cc2)cc1Cl.N#Cc1cncn1CC(=O)c1ccc(Oc2ccc(Br)cc2)cc1Cl. The molecule has 0 aliphatic rings. The number of hydrogen-bond donors (Lipinski definition) is 1. The minimum Gasteiger partial charge on any atom is -0.457 e. The van der Waals surface area contributed by atoms with E-state index in [-0.39, 0.29) is 18.9 Å². The Balaban J connectivity index is 0.000000198. The molecule has 1 N–H and O–H groups in total. The van der Waals surface area contributed by atoms with E-state index in [1.54, 1.807) is 47.9 Å². The predicted octanol–water partition coefficient (Wildman–Crippen LogP) is 9.72. The van der Waals surface area contributed by atoms with E-state index in [2.05, 4.69) is 41.8 Å². The molecule has 0 fully saturated rings. The summed E-state index contributed by atoms with van der Waals surface area (Å²) in [5.74, 6) is 2.23. The number of Topliss-reactive ketones (excluding diaryl/α,β-unsaturated/α-hetero) is 1. The molecule has 2 heterocycles. The largest absolute Gasteiger partial charge is 0.457 e. The summed E-state index contributed by atoms with van der Waals surface area (Å²) in [6, 6.07) is 28.8. The van der Waals surface area contributed by atoms with Crippen molar-refractivity contribution in [3.63, 3.8) is 0 Å². The van der Waals surface area contributed by atoms with Gasteiger partial charge in [0.1, 0.15) is 52.1 Å². The second-order valence-corrected chi connectivity index (χ2v) is 13.8. The molecule has 2 aromatic heterocycles. The molecule has 0 saturated carbocycles. The van der Waals surface area contributed by atoms with E-state index >= 15 is 0 Å². The Morgan fingerprint density at radius 1 is 0.765 bits per heavy atom. The predicted molar refractivity (Wildman–Crippen MR) is 199 cm³/mol. The van der Waals surface area contributed by atoms with E-state index in [0.29, 0.717) is 55.6 Å². The average Bonchev–Trinajstić information content (AvgIpc) is 3.75. The lowest BCUT2D eigenvalue weighted by Crippen LogP contribution is -2.28. The number of hydrogen-bond acceptors (Lipinski definition) is 8. The molecule has 1 unspecified atom stereocenters. The number of imidazole rings is 2. The first-order chi connectivity index (χ1) is 24.4. The first-order valence-corrected chi connectivity index (χ1v) is 17.3. The third kappa shape index (κ3) is 9.85. The van der Waals surface area contributed by atoms with Crippen molar-refractivity contribution in [2.75, 3.05) is 0 Å². The van der Waals surface area contributed by atoms with Crippen LogP contribution in [0, 0.1) is 22.7 Å². The number of aliphatic hydroxyl groups is 1. The Morgan fingerprint density at radius 2 is 1.24 bits per heavy atom. The number of carbonyl (C=O) groups is 1. The molecular formula is C37H26Br2Cl2N6O4. The zero-order chi connectivity index (χ0) is 36.5. The minimum atomic E-state index is -1.28. The number of nitrogens with zero attached hydrogens (tertiary/aromatic N) is 6. The van der Waals surface area contributed by atoms with Crippen molar-refractivity contribution in [1.82, 2.24) is 19.1 Å². The molecule has 1 atom stereocenters. The topological polar surface area (TPSA) is 139 Å². The summed E-state index contributed by atoms with van der Waals surface area (Å²) in [6.45, 7) is 1.79. The first-order valence-electron chi connectivity index (χ1n) is 15.0. The molecule has 51 heavy (non-hydrogen) atoms. The van der Waals surface area contributed by atoms with E-state index in [0.717, 1.165) is 8.95 Å². The fourth-order valence-corrected chi connectivity index (χ4v) is 5.97. The molecule has 4 aromatic carbocycles. The number of carbonyl (C=O) groups excluding carboxylic acids is 1. The van der Waals surface area contributed by atoms with Crippen LogP contribution in [0.2, 0.25) is 10.0 Å². The normalized spacial score (nSPS) is 11.7. The molecule has 0 aliphatic heterocycles. The zero-order valence-corrected chi connectivity index (χ0v) is 31.4. The second kappa shape index (κ2) is 16.8. The maximum absolute atomic E-state index is 12.4. The van der Waals surface area contributed by atoms with Gasteiger partial charge in [0.2, 0.25) is 0 Å². The number of ether oxygens (including phenoxy) is 2. The van der Waals surface area contributed by atoms with Gasteiger partial charge in [0.25, 0.3) is 0 Å². The maximum atomic E-state index is 12.4. The highest BCUT2D eigenvalue weighted by molar-refractivity contribution is 9.10. The lowest BCUT2D eigenvalue weighted by molar-refractivity contribution is 0.0381. The van der Waals surface area contributed by atoms with Gasteiger partial charge < -0.3 is 23.7 Å². The van der Waals surface area contributed by atoms with Gasteiger partial charge in [-0.05, 0) is 79.7 Å². The van der Waals surface area contributed by atoms with Crippen LogP contribution in [0.4, 0.5) is 0 Å². The van der Waals surface area contributed by atoms with E-state index < -0.39 is 5.60 Å². The Morgan fingerprint density at radius 3 is 1.75 bits per heavy atom. The quantitative estimate of drug-likeness (QED) is 0.135. The van der Waals surface area contributed by atoms with E-state index in [4.69, 9.17) is 43.2 Å². The van der Waals surface area contributed by atoms with Crippen molar-refractivity contribution >= 4 is 60.8 Å². The monoisotopic (exact) mass is 846 g/mol. The summed E-state index contributed by atoms with van der Waals surface area (Å²) in [5, 5.41) is 29.6. The summed E-state index contributed by atoms with van der Waals surface area (Å²) >= 11 is 19.4. The van der Waals surface area contributed by atoms with E-state index in [9.17, 15) is 9.90 Å². The van der Waals surface area contributed by atoms with Crippen molar-refractivity contribution < 1.29 is 19.4 Å². The number of benzene rings is 4. The fourth-order valence-electron chi connectivity index (χ4n) is 4.80. The third-order valence-electron chi connectivity index (χ3n) is 7.31. The molecule has 256 valence electrons. The van der Waals surface area contributed by atoms with Crippen LogP contribution in [0.1, 0.15) is 34.2 Å². The van der Waals surface area contributed by atoms with Gasteiger partial charge in [0.05, 0.1) is 48.2 Å². The smallest absolute Gasteiger partial charge is 0.184 e. The Bertz CT molecular complexity index is 2240. The maximum Gasteiger partial charge on any atom is 0.184 e. The molecule has 0 aliphatic carbocycles. The van der Waals surface area contributed by atoms with Crippen LogP contribution in [0.5, 0.6) is 23.0 Å². The molecule has 0 spiro atoms. The van der Waals surface area contributed by atoms with Crippen LogP contribution in [0.15, 0.2) is 119 Å². The minimum absolute atomic E-state index is 0.00444. The van der Waals surface area contributed by atoms with Crippen LogP contribution in [-0.4, -0.2) is 30.0 Å². The number of halogens is 4. The van der Waals surface area contributed by atoms with Gasteiger partial charge in [0.15, 0.2) is 5.78 Å². The van der Waals surface area contributed by atoms with Gasteiger partial charge in [-0.25, -0.2) is 9.97 Å². The van der Waals surface area contributed by atoms with Gasteiger partial charge in [-0.3, -0.25) is 4.79 Å². The van der Waals surface area contributed by atoms with Gasteiger partial charge in [-0.1, -0.05) is 61.1 Å². The number of rotatable bonds is 10. The number of aromatic nitrogens is 4. The third-order valence-corrected chi connectivity index (χ3v) is 8.99. The highest BCUT2D eigenvalue weighted by Gasteiger charge is 2.27. The number of nitriles is 2. The molecule has 0 radical (unpaired) electrons. The highest BCUT2D eigenvalue weighted by Crippen LogP contribution is 2.34. The lowest BCUT2D eigenvalue weighted by atomic mass is 9.95. The molecule has 0 saturated heterocycles. The Kier molecular flexibility index (Phi) is 12.3. The molecular weight excluding hydrogens is 823 g/mol. The van der Waals surface area contributed by atoms with Crippen LogP contribution >= 0.6 is 55.1 Å². The Labute approximate surface area is 320 Å². The van der Waals surface area contributed by atoms with Gasteiger partial charge in [-0.15, -0.1) is 0 Å². The van der Waals surface area contributed by atoms with Crippen LogP contribution < -0.4 is 9.47 Å². The number of ketones is 1. The molecule has 0 amide bonds. The second-order valence-electron chi connectivity index (χ2n) is 11.1. The van der Waals surface area contributed by atoms with E-state index in [1.165, 1.54) is 29.6 Å². The van der Waals surface area contributed by atoms with Crippen LogP contribution in [0.3, 0.4) is 0 Å². The standard InChI is InChI=1S/C19H15BrClN3O2.C18H11BrClN3O2/c1-19(25,11-24-12-23-10-14(24)9-22)17-7-6-16(8-18(17)21)26-15-4-2-13(20)3-5-15;19-12-1-3-14(4-2-12)25-15-5-6-16(17(20)7-15)18(24)10-23-11-22-9-13(23)8-21/h2-8,10,12,25H,11H2,1H3;1-7,9,11H,10H2. The highest BCUT2D eigenvalue weighted by atomic mass is 79.9. The summed E-state index contributed by atoms with van der Waals surface area (Å²) < 4.78 is 16.5. The van der Waals surface area contributed by atoms with Gasteiger partial charge in [0, 0.05) is 26.1 Å². The summed E-state index contributed by atoms with van der Waals surface area (Å²) in [4.78, 5) is 20.2. The van der Waals surface area contributed by atoms with Gasteiger partial charge in [-0.2, -0.15) is 10.5 Å². The molecule has 6 rings (SSSR count). The lowest BCUT2D eigenvalue weighted by Gasteiger charge is -2.26. The summed E-state index contributed by atoms with van der Waals surface area (Å²) in [7, 11) is 0.